The molecule has 4 atom stereocenters. The van der Waals surface area contributed by atoms with Gasteiger partial charge in [-0.3, -0.25) is 4.79 Å². The lowest BCUT2D eigenvalue weighted by Crippen LogP contribution is -2.39. The van der Waals surface area contributed by atoms with Crippen molar-refractivity contribution in [3.63, 3.8) is 0 Å². The SMILES string of the molecule is CCCCC[C@H](C)NC(=O)[C@H]1C[C@@H]2CC[C@@H]1C2. The molecular formula is C15H27NO. The molecule has 98 valence electrons. The van der Waals surface area contributed by atoms with Gasteiger partial charge in [0.2, 0.25) is 5.91 Å². The molecule has 0 radical (unpaired) electrons. The second-order valence-electron chi connectivity index (χ2n) is 6.19. The lowest BCUT2D eigenvalue weighted by Gasteiger charge is -2.23. The molecule has 0 spiro atoms. The number of rotatable bonds is 6. The van der Waals surface area contributed by atoms with Gasteiger partial charge in [-0.05, 0) is 44.4 Å². The van der Waals surface area contributed by atoms with Crippen LogP contribution in [0.3, 0.4) is 0 Å². The quantitative estimate of drug-likeness (QED) is 0.704. The van der Waals surface area contributed by atoms with Gasteiger partial charge in [-0.2, -0.15) is 0 Å². The summed E-state index contributed by atoms with van der Waals surface area (Å²) >= 11 is 0. The second kappa shape index (κ2) is 5.88. The largest absolute Gasteiger partial charge is 0.353 e. The van der Waals surface area contributed by atoms with Crippen molar-refractivity contribution in [1.82, 2.24) is 5.32 Å². The van der Waals surface area contributed by atoms with Crippen LogP contribution in [0.2, 0.25) is 0 Å². The van der Waals surface area contributed by atoms with Crippen molar-refractivity contribution in [1.29, 1.82) is 0 Å². The van der Waals surface area contributed by atoms with Crippen molar-refractivity contribution in [2.75, 3.05) is 0 Å². The summed E-state index contributed by atoms with van der Waals surface area (Å²) in [5.74, 6) is 2.28. The number of unbranched alkanes of at least 4 members (excludes halogenated alkanes) is 2. The van der Waals surface area contributed by atoms with Gasteiger partial charge in [-0.15, -0.1) is 0 Å². The maximum atomic E-state index is 12.2. The van der Waals surface area contributed by atoms with E-state index in [0.29, 0.717) is 23.8 Å². The van der Waals surface area contributed by atoms with E-state index in [9.17, 15) is 4.79 Å². The van der Waals surface area contributed by atoms with Gasteiger partial charge in [0, 0.05) is 12.0 Å². The summed E-state index contributed by atoms with van der Waals surface area (Å²) in [6, 6.07) is 0.369. The fourth-order valence-electron chi connectivity index (χ4n) is 3.69. The molecule has 0 unspecified atom stereocenters. The zero-order valence-corrected chi connectivity index (χ0v) is 11.4. The van der Waals surface area contributed by atoms with Crippen LogP contribution in [-0.2, 0) is 4.79 Å². The van der Waals surface area contributed by atoms with Crippen molar-refractivity contribution in [2.24, 2.45) is 17.8 Å². The molecule has 0 aliphatic heterocycles. The van der Waals surface area contributed by atoms with Gasteiger partial charge in [0.1, 0.15) is 0 Å². The summed E-state index contributed by atoms with van der Waals surface area (Å²) in [6.45, 7) is 4.37. The van der Waals surface area contributed by atoms with Gasteiger partial charge in [0.15, 0.2) is 0 Å². The van der Waals surface area contributed by atoms with Crippen LogP contribution in [0.4, 0.5) is 0 Å². The van der Waals surface area contributed by atoms with Crippen LogP contribution in [0.5, 0.6) is 0 Å². The van der Waals surface area contributed by atoms with Gasteiger partial charge in [0.25, 0.3) is 0 Å². The number of hydrogen-bond acceptors (Lipinski definition) is 1. The molecule has 2 heteroatoms. The number of carbonyl (C=O) groups excluding carboxylic acids is 1. The highest BCUT2D eigenvalue weighted by molar-refractivity contribution is 5.79. The molecule has 0 heterocycles. The van der Waals surface area contributed by atoms with Crippen LogP contribution >= 0.6 is 0 Å². The Morgan fingerprint density at radius 2 is 2.12 bits per heavy atom. The molecule has 2 saturated carbocycles. The Bertz CT molecular complexity index is 264. The highest BCUT2D eigenvalue weighted by atomic mass is 16.2. The van der Waals surface area contributed by atoms with Gasteiger partial charge in [-0.1, -0.05) is 32.6 Å². The lowest BCUT2D eigenvalue weighted by atomic mass is 9.88. The number of fused-ring (bicyclic) bond motifs is 2. The van der Waals surface area contributed by atoms with E-state index in [-0.39, 0.29) is 0 Å². The normalized spacial score (nSPS) is 32.7. The van der Waals surface area contributed by atoms with Gasteiger partial charge >= 0.3 is 0 Å². The molecule has 2 nitrogen and oxygen atoms in total. The highest BCUT2D eigenvalue weighted by Crippen LogP contribution is 2.48. The first-order valence-corrected chi connectivity index (χ1v) is 7.51. The van der Waals surface area contributed by atoms with E-state index in [4.69, 9.17) is 0 Å². The molecule has 2 aliphatic rings. The molecule has 0 aromatic heterocycles. The second-order valence-corrected chi connectivity index (χ2v) is 6.19. The minimum Gasteiger partial charge on any atom is -0.353 e. The summed E-state index contributed by atoms with van der Waals surface area (Å²) in [5, 5.41) is 3.23. The maximum absolute atomic E-state index is 12.2. The standard InChI is InChI=1S/C15H27NO/c1-3-4-5-6-11(2)16-15(17)14-10-12-7-8-13(14)9-12/h11-14H,3-10H2,1-2H3,(H,16,17)/t11-,12+,13+,14-/m0/s1. The topological polar surface area (TPSA) is 29.1 Å². The Balaban J connectivity index is 1.70. The average molecular weight is 237 g/mol. The fraction of sp³-hybridized carbons (Fsp3) is 0.933. The fourth-order valence-corrected chi connectivity index (χ4v) is 3.69. The Morgan fingerprint density at radius 3 is 2.71 bits per heavy atom. The van der Waals surface area contributed by atoms with Crippen LogP contribution in [-0.4, -0.2) is 11.9 Å². The van der Waals surface area contributed by atoms with E-state index >= 15 is 0 Å². The smallest absolute Gasteiger partial charge is 0.223 e. The maximum Gasteiger partial charge on any atom is 0.223 e. The van der Waals surface area contributed by atoms with E-state index in [2.05, 4.69) is 19.2 Å². The van der Waals surface area contributed by atoms with Crippen molar-refractivity contribution in [3.8, 4) is 0 Å². The zero-order valence-electron chi connectivity index (χ0n) is 11.4. The van der Waals surface area contributed by atoms with Crippen molar-refractivity contribution >= 4 is 5.91 Å². The van der Waals surface area contributed by atoms with Gasteiger partial charge in [0.05, 0.1) is 0 Å². The first-order chi connectivity index (χ1) is 8.20. The molecule has 1 amide bonds. The third kappa shape index (κ3) is 3.23. The van der Waals surface area contributed by atoms with E-state index < -0.39 is 0 Å². The van der Waals surface area contributed by atoms with Crippen molar-refractivity contribution < 1.29 is 4.79 Å². The number of carbonyl (C=O) groups is 1. The molecule has 2 bridgehead atoms. The van der Waals surface area contributed by atoms with E-state index in [1.165, 1.54) is 38.5 Å². The first-order valence-electron chi connectivity index (χ1n) is 7.51. The molecule has 0 aromatic rings. The van der Waals surface area contributed by atoms with Crippen LogP contribution in [0, 0.1) is 17.8 Å². The Morgan fingerprint density at radius 1 is 1.29 bits per heavy atom. The summed E-state index contributed by atoms with van der Waals surface area (Å²) < 4.78 is 0. The van der Waals surface area contributed by atoms with Crippen molar-refractivity contribution in [2.45, 2.75) is 71.3 Å². The Hall–Kier alpha value is -0.530. The lowest BCUT2D eigenvalue weighted by molar-refractivity contribution is -0.127. The molecule has 0 saturated heterocycles. The number of nitrogens with one attached hydrogen (secondary N) is 1. The monoisotopic (exact) mass is 237 g/mol. The Labute approximate surface area is 106 Å². The molecule has 1 N–H and O–H groups in total. The Kier molecular flexibility index (Phi) is 4.47. The summed E-state index contributed by atoms with van der Waals surface area (Å²) in [4.78, 5) is 12.2. The van der Waals surface area contributed by atoms with E-state index in [1.807, 2.05) is 0 Å². The third-order valence-corrected chi connectivity index (χ3v) is 4.70. The minimum atomic E-state index is 0.348. The molecule has 2 rings (SSSR count). The van der Waals surface area contributed by atoms with E-state index in [1.54, 1.807) is 0 Å². The zero-order chi connectivity index (χ0) is 12.3. The molecule has 2 fully saturated rings. The minimum absolute atomic E-state index is 0.348. The van der Waals surface area contributed by atoms with Crippen LogP contribution in [0.15, 0.2) is 0 Å². The molecule has 2 aliphatic carbocycles. The molecular weight excluding hydrogens is 210 g/mol. The van der Waals surface area contributed by atoms with Crippen LogP contribution < -0.4 is 5.32 Å². The van der Waals surface area contributed by atoms with Gasteiger partial charge < -0.3 is 5.32 Å². The average Bonchev–Trinajstić information content (AvgIpc) is 2.91. The van der Waals surface area contributed by atoms with Gasteiger partial charge in [-0.25, -0.2) is 0 Å². The number of hydrogen-bond donors (Lipinski definition) is 1. The summed E-state index contributed by atoms with van der Waals surface area (Å²) in [6.07, 6.45) is 10.1. The van der Waals surface area contributed by atoms with Crippen LogP contribution in [0.25, 0.3) is 0 Å². The third-order valence-electron chi connectivity index (χ3n) is 4.70. The summed E-state index contributed by atoms with van der Waals surface area (Å²) in [5.41, 5.74) is 0. The first kappa shape index (κ1) is 12.9. The molecule has 0 aromatic carbocycles. The molecule has 17 heavy (non-hydrogen) atoms. The van der Waals surface area contributed by atoms with E-state index in [0.717, 1.165) is 18.8 Å². The van der Waals surface area contributed by atoms with Crippen LogP contribution in [0.1, 0.15) is 65.2 Å². The summed E-state index contributed by atoms with van der Waals surface area (Å²) in [7, 11) is 0. The predicted octanol–water partition coefficient (Wildman–Crippen LogP) is 3.51. The van der Waals surface area contributed by atoms with Crippen molar-refractivity contribution in [3.05, 3.63) is 0 Å². The predicted molar refractivity (Wildman–Crippen MR) is 70.7 cm³/mol. The number of amides is 1. The highest BCUT2D eigenvalue weighted by Gasteiger charge is 2.43.